The van der Waals surface area contributed by atoms with Gasteiger partial charge in [0.05, 0.1) is 5.41 Å². The number of carbonyl (C=O) groups is 2. The van der Waals surface area contributed by atoms with Gasteiger partial charge in [0, 0.05) is 5.41 Å². The molecule has 0 aromatic carbocycles. The fourth-order valence-electron chi connectivity index (χ4n) is 2.72. The maximum atomic E-state index is 11.6. The zero-order valence-electron chi connectivity index (χ0n) is 8.59. The van der Waals surface area contributed by atoms with Gasteiger partial charge in [-0.25, -0.2) is 4.79 Å². The van der Waals surface area contributed by atoms with Gasteiger partial charge in [-0.2, -0.15) is 0 Å². The lowest BCUT2D eigenvalue weighted by Gasteiger charge is -2.32. The molecule has 1 aliphatic heterocycles. The number of hydrogen-bond donors (Lipinski definition) is 1. The van der Waals surface area contributed by atoms with Gasteiger partial charge in [-0.3, -0.25) is 4.79 Å². The second-order valence-electron chi connectivity index (χ2n) is 4.98. The maximum Gasteiger partial charge on any atom is 0.348 e. The van der Waals surface area contributed by atoms with Crippen LogP contribution in [0.4, 0.5) is 0 Å². The van der Waals surface area contributed by atoms with Crippen molar-refractivity contribution in [3.8, 4) is 0 Å². The highest BCUT2D eigenvalue weighted by molar-refractivity contribution is 5.92. The highest BCUT2D eigenvalue weighted by Gasteiger charge is 2.76. The van der Waals surface area contributed by atoms with Gasteiger partial charge < -0.3 is 9.84 Å². The lowest BCUT2D eigenvalue weighted by Crippen LogP contribution is -2.47. The van der Waals surface area contributed by atoms with Gasteiger partial charge in [-0.15, -0.1) is 0 Å². The maximum absolute atomic E-state index is 11.6. The molecular formula is C10H14O4. The SMILES string of the molecule is CC1(C)[C@@]2(C(=O)O)CC[C@]1(C)C(=O)O2. The number of aliphatic carboxylic acids is 1. The van der Waals surface area contributed by atoms with Crippen LogP contribution in [0, 0.1) is 10.8 Å². The summed E-state index contributed by atoms with van der Waals surface area (Å²) in [6, 6.07) is 0. The van der Waals surface area contributed by atoms with E-state index in [1.165, 1.54) is 0 Å². The quantitative estimate of drug-likeness (QED) is 0.643. The number of carboxylic acids is 1. The molecular weight excluding hydrogens is 184 g/mol. The van der Waals surface area contributed by atoms with Gasteiger partial charge in [0.1, 0.15) is 0 Å². The first-order chi connectivity index (χ1) is 6.28. The van der Waals surface area contributed by atoms with Crippen molar-refractivity contribution in [2.75, 3.05) is 0 Å². The molecule has 0 spiro atoms. The van der Waals surface area contributed by atoms with Crippen molar-refractivity contribution < 1.29 is 19.4 Å². The molecule has 2 bridgehead atoms. The zero-order valence-corrected chi connectivity index (χ0v) is 8.59. The number of carbonyl (C=O) groups excluding carboxylic acids is 1. The Morgan fingerprint density at radius 2 is 1.93 bits per heavy atom. The number of hydrogen-bond acceptors (Lipinski definition) is 3. The van der Waals surface area contributed by atoms with E-state index in [9.17, 15) is 14.7 Å². The molecule has 2 aliphatic rings. The van der Waals surface area contributed by atoms with E-state index < -0.39 is 22.4 Å². The molecule has 1 saturated carbocycles. The molecule has 14 heavy (non-hydrogen) atoms. The van der Waals surface area contributed by atoms with Gasteiger partial charge in [-0.1, -0.05) is 13.8 Å². The van der Waals surface area contributed by atoms with Crippen LogP contribution in [0.5, 0.6) is 0 Å². The molecule has 1 aliphatic carbocycles. The first-order valence-corrected chi connectivity index (χ1v) is 4.75. The molecule has 2 atom stereocenters. The Hall–Kier alpha value is -1.06. The second kappa shape index (κ2) is 2.12. The van der Waals surface area contributed by atoms with E-state index in [1.54, 1.807) is 20.8 Å². The second-order valence-corrected chi connectivity index (χ2v) is 4.98. The first kappa shape index (κ1) is 9.49. The molecule has 1 saturated heterocycles. The number of carboxylic acid groups (broad SMARTS) is 1. The zero-order chi connectivity index (χ0) is 10.8. The van der Waals surface area contributed by atoms with Gasteiger partial charge >= 0.3 is 11.9 Å². The smallest absolute Gasteiger partial charge is 0.348 e. The topological polar surface area (TPSA) is 63.6 Å². The van der Waals surface area contributed by atoms with Gasteiger partial charge in [0.2, 0.25) is 5.60 Å². The summed E-state index contributed by atoms with van der Waals surface area (Å²) in [6.07, 6.45) is 1.03. The summed E-state index contributed by atoms with van der Waals surface area (Å²) in [4.78, 5) is 22.8. The summed E-state index contributed by atoms with van der Waals surface area (Å²) in [5.74, 6) is -1.38. The van der Waals surface area contributed by atoms with Crippen LogP contribution in [0.25, 0.3) is 0 Å². The largest absolute Gasteiger partial charge is 0.478 e. The summed E-state index contributed by atoms with van der Waals surface area (Å²) in [5, 5.41) is 9.18. The van der Waals surface area contributed by atoms with E-state index in [1.807, 2.05) is 0 Å². The van der Waals surface area contributed by atoms with Gasteiger partial charge in [0.25, 0.3) is 0 Å². The Labute approximate surface area is 82.2 Å². The first-order valence-electron chi connectivity index (χ1n) is 4.75. The van der Waals surface area contributed by atoms with Crippen molar-refractivity contribution in [3.63, 3.8) is 0 Å². The molecule has 1 heterocycles. The predicted octanol–water partition coefficient (Wildman–Crippen LogP) is 1.19. The van der Waals surface area contributed by atoms with Crippen LogP contribution in [0.1, 0.15) is 33.6 Å². The minimum absolute atomic E-state index is 0.365. The normalized spacial score (nSPS) is 43.8. The molecule has 1 N–H and O–H groups in total. The molecule has 0 radical (unpaired) electrons. The van der Waals surface area contributed by atoms with Crippen molar-refractivity contribution in [2.45, 2.75) is 39.2 Å². The number of esters is 1. The van der Waals surface area contributed by atoms with E-state index in [4.69, 9.17) is 4.74 Å². The Morgan fingerprint density at radius 1 is 1.36 bits per heavy atom. The van der Waals surface area contributed by atoms with E-state index >= 15 is 0 Å². The van der Waals surface area contributed by atoms with Crippen LogP contribution in [0.15, 0.2) is 0 Å². The molecule has 4 heteroatoms. The predicted molar refractivity (Wildman–Crippen MR) is 47.6 cm³/mol. The monoisotopic (exact) mass is 198 g/mol. The summed E-state index contributed by atoms with van der Waals surface area (Å²) in [7, 11) is 0. The van der Waals surface area contributed by atoms with Crippen LogP contribution >= 0.6 is 0 Å². The molecule has 0 amide bonds. The van der Waals surface area contributed by atoms with Crippen molar-refractivity contribution >= 4 is 11.9 Å². The third kappa shape index (κ3) is 0.645. The van der Waals surface area contributed by atoms with Crippen molar-refractivity contribution in [1.29, 1.82) is 0 Å². The summed E-state index contributed by atoms with van der Waals surface area (Å²) >= 11 is 0. The minimum atomic E-state index is -1.29. The Morgan fingerprint density at radius 3 is 2.14 bits per heavy atom. The van der Waals surface area contributed by atoms with Gasteiger partial charge in [0.15, 0.2) is 0 Å². The average Bonchev–Trinajstić information content (AvgIpc) is 2.34. The molecule has 2 fully saturated rings. The molecule has 0 aromatic heterocycles. The number of rotatable bonds is 1. The van der Waals surface area contributed by atoms with Crippen LogP contribution in [-0.4, -0.2) is 22.6 Å². The van der Waals surface area contributed by atoms with E-state index in [2.05, 4.69) is 0 Å². The van der Waals surface area contributed by atoms with Gasteiger partial charge in [-0.05, 0) is 19.8 Å². The van der Waals surface area contributed by atoms with Crippen molar-refractivity contribution in [1.82, 2.24) is 0 Å². The fourth-order valence-corrected chi connectivity index (χ4v) is 2.72. The van der Waals surface area contributed by atoms with Crippen molar-refractivity contribution in [3.05, 3.63) is 0 Å². The fraction of sp³-hybridized carbons (Fsp3) is 0.800. The lowest BCUT2D eigenvalue weighted by molar-refractivity contribution is -0.178. The highest BCUT2D eigenvalue weighted by atomic mass is 16.6. The molecule has 78 valence electrons. The van der Waals surface area contributed by atoms with E-state index in [0.717, 1.165) is 0 Å². The molecule has 0 aromatic rings. The lowest BCUT2D eigenvalue weighted by atomic mass is 9.66. The van der Waals surface area contributed by atoms with E-state index in [-0.39, 0.29) is 5.97 Å². The average molecular weight is 198 g/mol. The van der Waals surface area contributed by atoms with Crippen LogP contribution in [0.3, 0.4) is 0 Å². The Kier molecular flexibility index (Phi) is 1.44. The van der Waals surface area contributed by atoms with Crippen LogP contribution in [0.2, 0.25) is 0 Å². The summed E-state index contributed by atoms with van der Waals surface area (Å²) < 4.78 is 5.09. The van der Waals surface area contributed by atoms with Crippen LogP contribution in [-0.2, 0) is 14.3 Å². The number of fused-ring (bicyclic) bond motifs is 2. The Bertz CT molecular complexity index is 333. The van der Waals surface area contributed by atoms with Crippen molar-refractivity contribution in [2.24, 2.45) is 10.8 Å². The molecule has 4 nitrogen and oxygen atoms in total. The van der Waals surface area contributed by atoms with Crippen LogP contribution < -0.4 is 0 Å². The standard InChI is InChI=1S/C10H14O4/c1-8(2)9(3)4-5-10(8,6(11)12)14-7(9)13/h4-5H2,1-3H3,(H,11,12)/t9-,10+/m1/s1. The summed E-state index contributed by atoms with van der Waals surface area (Å²) in [5.41, 5.74) is -2.55. The summed E-state index contributed by atoms with van der Waals surface area (Å²) in [6.45, 7) is 5.41. The molecule has 0 unspecified atom stereocenters. The third-order valence-corrected chi connectivity index (χ3v) is 4.43. The Balaban J connectivity index is 2.60. The minimum Gasteiger partial charge on any atom is -0.478 e. The molecule has 2 rings (SSSR count). The van der Waals surface area contributed by atoms with E-state index in [0.29, 0.717) is 12.8 Å². The third-order valence-electron chi connectivity index (χ3n) is 4.43. The highest BCUT2D eigenvalue weighted by Crippen LogP contribution is 2.65. The number of ether oxygens (including phenoxy) is 1.